The number of nitrogens with zero attached hydrogens (tertiary/aromatic N) is 1. The fraction of sp³-hybridized carbons (Fsp3) is 0.579. The van der Waals surface area contributed by atoms with Crippen molar-refractivity contribution in [2.24, 2.45) is 5.92 Å². The lowest BCUT2D eigenvalue weighted by atomic mass is 9.94. The van der Waals surface area contributed by atoms with E-state index in [-0.39, 0.29) is 17.8 Å². The van der Waals surface area contributed by atoms with Crippen LogP contribution in [0.4, 0.5) is 4.79 Å². The van der Waals surface area contributed by atoms with Crippen LogP contribution in [0.3, 0.4) is 0 Å². The lowest BCUT2D eigenvalue weighted by Gasteiger charge is -2.24. The van der Waals surface area contributed by atoms with E-state index >= 15 is 0 Å². The van der Waals surface area contributed by atoms with Crippen LogP contribution in [0.25, 0.3) is 0 Å². The Balaban J connectivity index is 2.08. The molecule has 1 aliphatic heterocycles. The van der Waals surface area contributed by atoms with Crippen LogP contribution in [0.15, 0.2) is 12.1 Å². The quantitative estimate of drug-likeness (QED) is 0.791. The van der Waals surface area contributed by atoms with Gasteiger partial charge in [-0.3, -0.25) is 4.79 Å². The van der Waals surface area contributed by atoms with E-state index in [0.717, 1.165) is 16.9 Å². The van der Waals surface area contributed by atoms with Crippen LogP contribution in [0, 0.1) is 19.8 Å². The Labute approximate surface area is 143 Å². The molecule has 1 aromatic carbocycles. The number of aryl methyl sites for hydroxylation is 2. The van der Waals surface area contributed by atoms with Gasteiger partial charge in [-0.1, -0.05) is 0 Å². The third kappa shape index (κ3) is 4.08. The van der Waals surface area contributed by atoms with Gasteiger partial charge in [-0.05, 0) is 64.3 Å². The van der Waals surface area contributed by atoms with E-state index in [1.54, 1.807) is 12.0 Å². The van der Waals surface area contributed by atoms with E-state index < -0.39 is 5.60 Å². The number of hydrogen-bond acceptors (Lipinski definition) is 4. The van der Waals surface area contributed by atoms with Crippen molar-refractivity contribution in [3.05, 3.63) is 28.8 Å². The number of likely N-dealkylation sites (tertiary alicyclic amines) is 1. The second kappa shape index (κ2) is 6.83. The third-order valence-corrected chi connectivity index (χ3v) is 4.16. The molecule has 24 heavy (non-hydrogen) atoms. The second-order valence-electron chi connectivity index (χ2n) is 7.42. The first-order chi connectivity index (χ1) is 11.1. The molecule has 0 unspecified atom stereocenters. The number of benzene rings is 1. The fourth-order valence-electron chi connectivity index (χ4n) is 3.12. The summed E-state index contributed by atoms with van der Waals surface area (Å²) < 4.78 is 10.7. The molecular formula is C19H27NO4. The molecule has 0 spiro atoms. The summed E-state index contributed by atoms with van der Waals surface area (Å²) in [5.41, 5.74) is 2.05. The Hall–Kier alpha value is -2.04. The molecule has 1 amide bonds. The molecule has 2 rings (SSSR count). The predicted octanol–water partition coefficient (Wildman–Crippen LogP) is 3.75. The van der Waals surface area contributed by atoms with Gasteiger partial charge in [0.2, 0.25) is 0 Å². The summed E-state index contributed by atoms with van der Waals surface area (Å²) in [4.78, 5) is 26.5. The molecule has 1 aromatic rings. The minimum Gasteiger partial charge on any atom is -0.496 e. The maximum absolute atomic E-state index is 12.8. The highest BCUT2D eigenvalue weighted by molar-refractivity contribution is 5.99. The molecule has 0 bridgehead atoms. The van der Waals surface area contributed by atoms with Crippen LogP contribution in [0.1, 0.15) is 48.7 Å². The van der Waals surface area contributed by atoms with Crippen LogP contribution < -0.4 is 4.74 Å². The van der Waals surface area contributed by atoms with Crippen molar-refractivity contribution >= 4 is 11.9 Å². The molecule has 132 valence electrons. The van der Waals surface area contributed by atoms with Crippen LogP contribution in [0.2, 0.25) is 0 Å². The smallest absolute Gasteiger partial charge is 0.410 e. The lowest BCUT2D eigenvalue weighted by molar-refractivity contribution is 0.0289. The first-order valence-electron chi connectivity index (χ1n) is 8.29. The monoisotopic (exact) mass is 333 g/mol. The van der Waals surface area contributed by atoms with Crippen molar-refractivity contribution in [1.29, 1.82) is 0 Å². The Morgan fingerprint density at radius 2 is 1.75 bits per heavy atom. The molecule has 0 aromatic heterocycles. The van der Waals surface area contributed by atoms with Gasteiger partial charge in [-0.2, -0.15) is 0 Å². The Morgan fingerprint density at radius 1 is 1.17 bits per heavy atom. The number of rotatable bonds is 3. The molecule has 1 aliphatic rings. The van der Waals surface area contributed by atoms with Crippen molar-refractivity contribution in [1.82, 2.24) is 4.90 Å². The van der Waals surface area contributed by atoms with Crippen molar-refractivity contribution in [3.63, 3.8) is 0 Å². The van der Waals surface area contributed by atoms with Crippen LogP contribution in [-0.4, -0.2) is 42.6 Å². The topological polar surface area (TPSA) is 55.8 Å². The summed E-state index contributed by atoms with van der Waals surface area (Å²) >= 11 is 0. The zero-order valence-corrected chi connectivity index (χ0v) is 15.4. The van der Waals surface area contributed by atoms with Crippen LogP contribution >= 0.6 is 0 Å². The minimum atomic E-state index is -0.524. The third-order valence-electron chi connectivity index (χ3n) is 4.16. The van der Waals surface area contributed by atoms with E-state index in [2.05, 4.69) is 0 Å². The Bertz CT molecular complexity index is 622. The van der Waals surface area contributed by atoms with E-state index in [9.17, 15) is 9.59 Å². The molecule has 5 heteroatoms. The number of hydrogen-bond donors (Lipinski definition) is 0. The van der Waals surface area contributed by atoms with Gasteiger partial charge in [0, 0.05) is 24.6 Å². The van der Waals surface area contributed by atoms with E-state index in [1.165, 1.54) is 0 Å². The average molecular weight is 333 g/mol. The van der Waals surface area contributed by atoms with Crippen molar-refractivity contribution < 1.29 is 19.1 Å². The molecule has 1 fully saturated rings. The number of amides is 1. The van der Waals surface area contributed by atoms with Gasteiger partial charge in [-0.25, -0.2) is 4.79 Å². The zero-order chi connectivity index (χ0) is 18.1. The highest BCUT2D eigenvalue weighted by atomic mass is 16.6. The van der Waals surface area contributed by atoms with E-state index in [0.29, 0.717) is 25.1 Å². The molecule has 5 nitrogen and oxygen atoms in total. The van der Waals surface area contributed by atoms with Gasteiger partial charge in [0.1, 0.15) is 11.4 Å². The standard InChI is InChI=1S/C19H27NO4/c1-12-9-15(10-13(2)17(12)23-6)16(21)14-7-8-20(11-14)18(22)24-19(3,4)5/h9-10,14H,7-8,11H2,1-6H3/t14-/m1/s1. The minimum absolute atomic E-state index is 0.0786. The molecule has 1 heterocycles. The normalized spacial score (nSPS) is 17.8. The molecule has 0 radical (unpaired) electrons. The van der Waals surface area contributed by atoms with Gasteiger partial charge in [-0.15, -0.1) is 0 Å². The summed E-state index contributed by atoms with van der Waals surface area (Å²) in [5, 5.41) is 0. The number of Topliss-reactive ketones (excluding diaryl/α,β-unsaturated/α-hetero) is 1. The highest BCUT2D eigenvalue weighted by Crippen LogP contribution is 2.28. The summed E-state index contributed by atoms with van der Waals surface area (Å²) in [6, 6.07) is 3.73. The Kier molecular flexibility index (Phi) is 5.21. The fourth-order valence-corrected chi connectivity index (χ4v) is 3.12. The van der Waals surface area contributed by atoms with Crippen molar-refractivity contribution in [2.75, 3.05) is 20.2 Å². The molecular weight excluding hydrogens is 306 g/mol. The largest absolute Gasteiger partial charge is 0.496 e. The maximum atomic E-state index is 12.8. The van der Waals surface area contributed by atoms with E-state index in [1.807, 2.05) is 46.8 Å². The van der Waals surface area contributed by atoms with Gasteiger partial charge in [0.05, 0.1) is 7.11 Å². The number of carbonyl (C=O) groups is 2. The van der Waals surface area contributed by atoms with Crippen molar-refractivity contribution in [2.45, 2.75) is 46.6 Å². The number of ether oxygens (including phenoxy) is 2. The van der Waals surface area contributed by atoms with E-state index in [4.69, 9.17) is 9.47 Å². The van der Waals surface area contributed by atoms with Gasteiger partial charge < -0.3 is 14.4 Å². The predicted molar refractivity (Wildman–Crippen MR) is 92.7 cm³/mol. The summed E-state index contributed by atoms with van der Waals surface area (Å²) in [7, 11) is 1.63. The molecule has 0 saturated carbocycles. The zero-order valence-electron chi connectivity index (χ0n) is 15.4. The van der Waals surface area contributed by atoms with Crippen LogP contribution in [0.5, 0.6) is 5.75 Å². The maximum Gasteiger partial charge on any atom is 0.410 e. The average Bonchev–Trinajstić information content (AvgIpc) is 2.94. The number of ketones is 1. The summed E-state index contributed by atoms with van der Waals surface area (Å²) in [6.45, 7) is 10.4. The van der Waals surface area contributed by atoms with Gasteiger partial charge in [0.15, 0.2) is 5.78 Å². The van der Waals surface area contributed by atoms with Gasteiger partial charge in [0.25, 0.3) is 0 Å². The van der Waals surface area contributed by atoms with Crippen molar-refractivity contribution in [3.8, 4) is 5.75 Å². The van der Waals surface area contributed by atoms with Gasteiger partial charge >= 0.3 is 6.09 Å². The lowest BCUT2D eigenvalue weighted by Crippen LogP contribution is -2.35. The number of methoxy groups -OCH3 is 1. The number of carbonyl (C=O) groups excluding carboxylic acids is 2. The van der Waals surface area contributed by atoms with Crippen LogP contribution in [-0.2, 0) is 4.74 Å². The second-order valence-corrected chi connectivity index (χ2v) is 7.42. The molecule has 1 atom stereocenters. The first-order valence-corrected chi connectivity index (χ1v) is 8.29. The SMILES string of the molecule is COc1c(C)cc(C(=O)[C@@H]2CCN(C(=O)OC(C)(C)C)C2)cc1C. The molecule has 0 aliphatic carbocycles. The molecule has 1 saturated heterocycles. The summed E-state index contributed by atoms with van der Waals surface area (Å²) in [5.74, 6) is 0.716. The molecule has 0 N–H and O–H groups in total. The summed E-state index contributed by atoms with van der Waals surface area (Å²) in [6.07, 6.45) is 0.322. The highest BCUT2D eigenvalue weighted by Gasteiger charge is 2.34. The Morgan fingerprint density at radius 3 is 2.25 bits per heavy atom. The first kappa shape index (κ1) is 18.3.